The largest absolute Gasteiger partial charge is 0.387 e. The number of hydrogen-bond donors (Lipinski definition) is 1. The highest BCUT2D eigenvalue weighted by molar-refractivity contribution is 6.31. The molecule has 0 fully saturated rings. The molecule has 1 rings (SSSR count). The summed E-state index contributed by atoms with van der Waals surface area (Å²) < 4.78 is 24.1. The van der Waals surface area contributed by atoms with Gasteiger partial charge in [-0.05, 0) is 26.0 Å². The van der Waals surface area contributed by atoms with Crippen LogP contribution >= 0.6 is 11.6 Å². The van der Waals surface area contributed by atoms with Crippen molar-refractivity contribution in [3.63, 3.8) is 0 Å². The molecule has 0 aliphatic heterocycles. The molecule has 1 aromatic carbocycles. The Kier molecular flexibility index (Phi) is 6.57. The van der Waals surface area contributed by atoms with Crippen molar-refractivity contribution < 1.29 is 19.0 Å². The zero-order valence-electron chi connectivity index (χ0n) is 10.5. The highest BCUT2D eigenvalue weighted by Crippen LogP contribution is 2.22. The number of aliphatic hydroxyl groups excluding tert-OH is 1. The van der Waals surface area contributed by atoms with E-state index in [4.69, 9.17) is 21.1 Å². The smallest absolute Gasteiger partial charge is 0.183 e. The van der Waals surface area contributed by atoms with Crippen LogP contribution < -0.4 is 0 Å². The zero-order valence-corrected chi connectivity index (χ0v) is 11.3. The second kappa shape index (κ2) is 7.69. The van der Waals surface area contributed by atoms with Gasteiger partial charge in [0, 0.05) is 30.2 Å². The van der Waals surface area contributed by atoms with Crippen molar-refractivity contribution >= 4 is 11.6 Å². The minimum Gasteiger partial charge on any atom is -0.387 e. The first-order valence-corrected chi connectivity index (χ1v) is 6.32. The predicted molar refractivity (Wildman–Crippen MR) is 68.2 cm³/mol. The summed E-state index contributed by atoms with van der Waals surface area (Å²) in [4.78, 5) is 0. The minimum absolute atomic E-state index is 0.0518. The zero-order chi connectivity index (χ0) is 13.5. The summed E-state index contributed by atoms with van der Waals surface area (Å²) in [7, 11) is 0. The third-order valence-electron chi connectivity index (χ3n) is 2.45. The molecule has 0 saturated carbocycles. The molecule has 0 amide bonds. The summed E-state index contributed by atoms with van der Waals surface area (Å²) in [5.74, 6) is -0.437. The van der Waals surface area contributed by atoms with Gasteiger partial charge in [-0.1, -0.05) is 17.7 Å². The topological polar surface area (TPSA) is 38.7 Å². The van der Waals surface area contributed by atoms with Crippen LogP contribution in [0.2, 0.25) is 5.02 Å². The first-order chi connectivity index (χ1) is 8.60. The second-order valence-corrected chi connectivity index (χ2v) is 4.16. The second-order valence-electron chi connectivity index (χ2n) is 3.75. The number of hydrogen-bond acceptors (Lipinski definition) is 3. The van der Waals surface area contributed by atoms with Crippen molar-refractivity contribution in [3.8, 4) is 0 Å². The maximum Gasteiger partial charge on any atom is 0.183 e. The summed E-state index contributed by atoms with van der Waals surface area (Å²) in [5.41, 5.74) is 0.274. The fourth-order valence-corrected chi connectivity index (χ4v) is 1.87. The van der Waals surface area contributed by atoms with E-state index < -0.39 is 18.2 Å². The standard InChI is InChI=1S/C13H18ClFO3/c1-3-17-13(18-4-2)12(16)8-9-10(14)6-5-7-11(9)15/h5-7,12-13,16H,3-4,8H2,1-2H3. The molecule has 3 nitrogen and oxygen atoms in total. The molecule has 0 spiro atoms. The molecule has 1 aromatic rings. The van der Waals surface area contributed by atoms with E-state index >= 15 is 0 Å². The van der Waals surface area contributed by atoms with Crippen LogP contribution in [0.1, 0.15) is 19.4 Å². The lowest BCUT2D eigenvalue weighted by Gasteiger charge is -2.23. The Morgan fingerprint density at radius 1 is 1.28 bits per heavy atom. The fraction of sp³-hybridized carbons (Fsp3) is 0.538. The fourth-order valence-electron chi connectivity index (χ4n) is 1.63. The Hall–Kier alpha value is -0.680. The van der Waals surface area contributed by atoms with Gasteiger partial charge < -0.3 is 14.6 Å². The number of halogens is 2. The Morgan fingerprint density at radius 2 is 1.89 bits per heavy atom. The molecule has 18 heavy (non-hydrogen) atoms. The summed E-state index contributed by atoms with van der Waals surface area (Å²) in [6.45, 7) is 4.42. The Labute approximate surface area is 111 Å². The van der Waals surface area contributed by atoms with E-state index in [0.717, 1.165) is 0 Å². The summed E-state index contributed by atoms with van der Waals surface area (Å²) >= 11 is 5.90. The van der Waals surface area contributed by atoms with Gasteiger partial charge in [-0.15, -0.1) is 0 Å². The van der Waals surface area contributed by atoms with Gasteiger partial charge in [0.05, 0.1) is 0 Å². The van der Waals surface area contributed by atoms with Gasteiger partial charge in [0.15, 0.2) is 6.29 Å². The van der Waals surface area contributed by atoms with Gasteiger partial charge in [0.25, 0.3) is 0 Å². The highest BCUT2D eigenvalue weighted by Gasteiger charge is 2.22. The normalized spacial score (nSPS) is 13.0. The summed E-state index contributed by atoms with van der Waals surface area (Å²) in [6.07, 6.45) is -1.68. The van der Waals surface area contributed by atoms with E-state index in [9.17, 15) is 9.50 Å². The quantitative estimate of drug-likeness (QED) is 0.779. The van der Waals surface area contributed by atoms with E-state index in [2.05, 4.69) is 0 Å². The van der Waals surface area contributed by atoms with Crippen LogP contribution in [0.15, 0.2) is 18.2 Å². The van der Waals surface area contributed by atoms with Crippen molar-refractivity contribution in [1.29, 1.82) is 0 Å². The average Bonchev–Trinajstić information content (AvgIpc) is 2.33. The van der Waals surface area contributed by atoms with Gasteiger partial charge in [-0.25, -0.2) is 4.39 Å². The van der Waals surface area contributed by atoms with Gasteiger partial charge >= 0.3 is 0 Å². The molecule has 0 saturated heterocycles. The molecular formula is C13H18ClFO3. The van der Waals surface area contributed by atoms with Gasteiger partial charge in [-0.3, -0.25) is 0 Å². The molecule has 1 atom stereocenters. The molecule has 5 heteroatoms. The van der Waals surface area contributed by atoms with E-state index in [0.29, 0.717) is 18.2 Å². The monoisotopic (exact) mass is 276 g/mol. The van der Waals surface area contributed by atoms with Crippen molar-refractivity contribution in [2.45, 2.75) is 32.7 Å². The maximum absolute atomic E-state index is 13.6. The summed E-state index contributed by atoms with van der Waals surface area (Å²) in [5, 5.41) is 10.3. The minimum atomic E-state index is -0.959. The van der Waals surface area contributed by atoms with Crippen molar-refractivity contribution in [2.75, 3.05) is 13.2 Å². The third-order valence-corrected chi connectivity index (χ3v) is 2.81. The Bertz CT molecular complexity index is 347. The molecule has 0 aliphatic rings. The number of benzene rings is 1. The van der Waals surface area contributed by atoms with Crippen LogP contribution in [-0.4, -0.2) is 30.7 Å². The molecule has 0 aromatic heterocycles. The lowest BCUT2D eigenvalue weighted by atomic mass is 10.1. The van der Waals surface area contributed by atoms with Crippen molar-refractivity contribution in [3.05, 3.63) is 34.6 Å². The van der Waals surface area contributed by atoms with E-state index in [1.807, 2.05) is 0 Å². The van der Waals surface area contributed by atoms with E-state index in [-0.39, 0.29) is 12.0 Å². The number of ether oxygens (including phenoxy) is 2. The SMILES string of the molecule is CCOC(OCC)C(O)Cc1c(F)cccc1Cl. The van der Waals surface area contributed by atoms with Crippen LogP contribution in [0.4, 0.5) is 4.39 Å². The molecule has 1 N–H and O–H groups in total. The van der Waals surface area contributed by atoms with Crippen molar-refractivity contribution in [2.24, 2.45) is 0 Å². The molecule has 102 valence electrons. The van der Waals surface area contributed by atoms with Gasteiger partial charge in [0.2, 0.25) is 0 Å². The highest BCUT2D eigenvalue weighted by atomic mass is 35.5. The number of aliphatic hydroxyl groups is 1. The first-order valence-electron chi connectivity index (χ1n) is 5.94. The average molecular weight is 277 g/mol. The Morgan fingerprint density at radius 3 is 2.39 bits per heavy atom. The summed E-state index contributed by atoms with van der Waals surface area (Å²) in [6, 6.07) is 4.42. The lowest BCUT2D eigenvalue weighted by molar-refractivity contribution is -0.188. The Balaban J connectivity index is 2.75. The van der Waals surface area contributed by atoms with Gasteiger partial charge in [0.1, 0.15) is 11.9 Å². The van der Waals surface area contributed by atoms with E-state index in [1.54, 1.807) is 19.9 Å². The molecule has 1 unspecified atom stereocenters. The molecule has 0 aliphatic carbocycles. The number of rotatable bonds is 7. The van der Waals surface area contributed by atoms with Crippen LogP contribution in [-0.2, 0) is 15.9 Å². The van der Waals surface area contributed by atoms with Gasteiger partial charge in [-0.2, -0.15) is 0 Å². The first kappa shape index (κ1) is 15.4. The maximum atomic E-state index is 13.6. The molecular weight excluding hydrogens is 259 g/mol. The van der Waals surface area contributed by atoms with E-state index in [1.165, 1.54) is 12.1 Å². The molecule has 0 radical (unpaired) electrons. The molecule has 0 bridgehead atoms. The van der Waals surface area contributed by atoms with Crippen LogP contribution in [0, 0.1) is 5.82 Å². The van der Waals surface area contributed by atoms with Crippen LogP contribution in [0.5, 0.6) is 0 Å². The lowest BCUT2D eigenvalue weighted by Crippen LogP contribution is -2.34. The third kappa shape index (κ3) is 4.21. The van der Waals surface area contributed by atoms with Crippen LogP contribution in [0.3, 0.4) is 0 Å². The molecule has 0 heterocycles. The van der Waals surface area contributed by atoms with Crippen molar-refractivity contribution in [1.82, 2.24) is 0 Å². The van der Waals surface area contributed by atoms with Crippen LogP contribution in [0.25, 0.3) is 0 Å². The predicted octanol–water partition coefficient (Wildman–Crippen LogP) is 2.78.